The number of nitrogens with one attached hydrogen (secondary N) is 1. The van der Waals surface area contributed by atoms with Crippen LogP contribution in [-0.2, 0) is 0 Å². The van der Waals surface area contributed by atoms with E-state index in [1.54, 1.807) is 0 Å². The van der Waals surface area contributed by atoms with Crippen LogP contribution in [0.1, 0.15) is 26.2 Å². The molecule has 0 radical (unpaired) electrons. The third-order valence-corrected chi connectivity index (χ3v) is 2.63. The Morgan fingerprint density at radius 1 is 1.54 bits per heavy atom. The van der Waals surface area contributed by atoms with Crippen molar-refractivity contribution in [2.24, 2.45) is 5.73 Å². The van der Waals surface area contributed by atoms with E-state index < -0.39 is 0 Å². The highest BCUT2D eigenvalue weighted by Gasteiger charge is 2.17. The first-order valence-electron chi connectivity index (χ1n) is 5.52. The molecule has 3 N–H and O–H groups in total. The van der Waals surface area contributed by atoms with Crippen molar-refractivity contribution in [2.45, 2.75) is 32.2 Å². The molecular formula is C10H23N3. The number of likely N-dealkylation sites (tertiary alicyclic amines) is 1. The van der Waals surface area contributed by atoms with E-state index in [0.29, 0.717) is 6.04 Å². The van der Waals surface area contributed by atoms with Gasteiger partial charge in [0.05, 0.1) is 0 Å². The minimum atomic E-state index is 0.709. The average Bonchev–Trinajstić information content (AvgIpc) is 2.16. The molecule has 0 saturated carbocycles. The highest BCUT2D eigenvalue weighted by Crippen LogP contribution is 2.08. The fourth-order valence-electron chi connectivity index (χ4n) is 1.96. The summed E-state index contributed by atoms with van der Waals surface area (Å²) in [5, 5.41) is 3.58. The lowest BCUT2D eigenvalue weighted by molar-refractivity contribution is 0.195. The number of piperidine rings is 1. The van der Waals surface area contributed by atoms with E-state index >= 15 is 0 Å². The van der Waals surface area contributed by atoms with Gasteiger partial charge in [0.25, 0.3) is 0 Å². The van der Waals surface area contributed by atoms with Crippen LogP contribution in [0.5, 0.6) is 0 Å². The summed E-state index contributed by atoms with van der Waals surface area (Å²) in [5.41, 5.74) is 5.54. The van der Waals surface area contributed by atoms with Crippen molar-refractivity contribution in [2.75, 3.05) is 32.7 Å². The van der Waals surface area contributed by atoms with Gasteiger partial charge in [-0.2, -0.15) is 0 Å². The Morgan fingerprint density at radius 3 is 3.08 bits per heavy atom. The predicted molar refractivity (Wildman–Crippen MR) is 56.8 cm³/mol. The summed E-state index contributed by atoms with van der Waals surface area (Å²) in [6.07, 6.45) is 3.88. The van der Waals surface area contributed by atoms with Gasteiger partial charge in [0, 0.05) is 25.7 Å². The molecule has 0 aliphatic carbocycles. The largest absolute Gasteiger partial charge is 0.329 e. The van der Waals surface area contributed by atoms with Gasteiger partial charge in [0.15, 0.2) is 0 Å². The molecule has 1 heterocycles. The van der Waals surface area contributed by atoms with Gasteiger partial charge in [-0.3, -0.25) is 0 Å². The molecule has 1 aliphatic rings. The number of hydrogen-bond donors (Lipinski definition) is 2. The van der Waals surface area contributed by atoms with E-state index in [2.05, 4.69) is 17.1 Å². The molecular weight excluding hydrogens is 162 g/mol. The monoisotopic (exact) mass is 185 g/mol. The van der Waals surface area contributed by atoms with Crippen LogP contribution in [0.4, 0.5) is 0 Å². The van der Waals surface area contributed by atoms with Crippen molar-refractivity contribution in [1.82, 2.24) is 10.2 Å². The third kappa shape index (κ3) is 4.07. The van der Waals surface area contributed by atoms with Gasteiger partial charge in [0.1, 0.15) is 0 Å². The van der Waals surface area contributed by atoms with E-state index in [0.717, 1.165) is 19.6 Å². The Hall–Kier alpha value is -0.120. The number of nitrogens with zero attached hydrogens (tertiary/aromatic N) is 1. The summed E-state index contributed by atoms with van der Waals surface area (Å²) in [6.45, 7) is 7.65. The van der Waals surface area contributed by atoms with E-state index in [1.165, 1.54) is 32.4 Å². The summed E-state index contributed by atoms with van der Waals surface area (Å²) in [4.78, 5) is 2.47. The molecule has 1 unspecified atom stereocenters. The zero-order valence-corrected chi connectivity index (χ0v) is 8.76. The van der Waals surface area contributed by atoms with Gasteiger partial charge in [-0.05, 0) is 32.4 Å². The van der Waals surface area contributed by atoms with Crippen LogP contribution < -0.4 is 11.1 Å². The van der Waals surface area contributed by atoms with Crippen LogP contribution in [0.3, 0.4) is 0 Å². The SMILES string of the molecule is CCCNC1CCCN(CCN)C1. The molecule has 3 heteroatoms. The molecule has 13 heavy (non-hydrogen) atoms. The molecule has 1 saturated heterocycles. The normalized spacial score (nSPS) is 24.9. The first kappa shape index (κ1) is 11.0. The van der Waals surface area contributed by atoms with Crippen molar-refractivity contribution in [3.63, 3.8) is 0 Å². The standard InChI is InChI=1S/C10H23N3/c1-2-6-12-10-4-3-7-13(9-10)8-5-11/h10,12H,2-9,11H2,1H3. The zero-order chi connectivity index (χ0) is 9.52. The molecule has 0 aromatic heterocycles. The molecule has 0 spiro atoms. The van der Waals surface area contributed by atoms with Crippen molar-refractivity contribution in [1.29, 1.82) is 0 Å². The lowest BCUT2D eigenvalue weighted by Crippen LogP contribution is -2.47. The number of hydrogen-bond acceptors (Lipinski definition) is 3. The second-order valence-electron chi connectivity index (χ2n) is 3.88. The van der Waals surface area contributed by atoms with Gasteiger partial charge < -0.3 is 16.0 Å². The van der Waals surface area contributed by atoms with Crippen molar-refractivity contribution in [3.8, 4) is 0 Å². The zero-order valence-electron chi connectivity index (χ0n) is 8.76. The van der Waals surface area contributed by atoms with Crippen molar-refractivity contribution >= 4 is 0 Å². The Morgan fingerprint density at radius 2 is 2.38 bits per heavy atom. The van der Waals surface area contributed by atoms with Gasteiger partial charge in [0.2, 0.25) is 0 Å². The molecule has 1 fully saturated rings. The van der Waals surface area contributed by atoms with E-state index in [9.17, 15) is 0 Å². The van der Waals surface area contributed by atoms with Crippen LogP contribution >= 0.6 is 0 Å². The second kappa shape index (κ2) is 6.35. The van der Waals surface area contributed by atoms with E-state index in [1.807, 2.05) is 0 Å². The Balaban J connectivity index is 2.16. The van der Waals surface area contributed by atoms with Crippen LogP contribution in [0.15, 0.2) is 0 Å². The van der Waals surface area contributed by atoms with Gasteiger partial charge >= 0.3 is 0 Å². The smallest absolute Gasteiger partial charge is 0.0195 e. The Bertz CT molecular complexity index is 125. The molecule has 0 aromatic carbocycles. The lowest BCUT2D eigenvalue weighted by atomic mass is 10.1. The maximum Gasteiger partial charge on any atom is 0.0195 e. The highest BCUT2D eigenvalue weighted by molar-refractivity contribution is 4.77. The topological polar surface area (TPSA) is 41.3 Å². The summed E-state index contributed by atoms with van der Waals surface area (Å²) >= 11 is 0. The summed E-state index contributed by atoms with van der Waals surface area (Å²) in [7, 11) is 0. The van der Waals surface area contributed by atoms with E-state index in [4.69, 9.17) is 5.73 Å². The number of rotatable bonds is 5. The van der Waals surface area contributed by atoms with Crippen molar-refractivity contribution < 1.29 is 0 Å². The minimum absolute atomic E-state index is 0.709. The van der Waals surface area contributed by atoms with Gasteiger partial charge in [-0.15, -0.1) is 0 Å². The maximum atomic E-state index is 5.54. The molecule has 0 amide bonds. The molecule has 1 atom stereocenters. The fraction of sp³-hybridized carbons (Fsp3) is 1.00. The summed E-state index contributed by atoms with van der Waals surface area (Å²) < 4.78 is 0. The highest BCUT2D eigenvalue weighted by atomic mass is 15.2. The summed E-state index contributed by atoms with van der Waals surface area (Å²) in [6, 6.07) is 0.709. The average molecular weight is 185 g/mol. The van der Waals surface area contributed by atoms with E-state index in [-0.39, 0.29) is 0 Å². The van der Waals surface area contributed by atoms with Gasteiger partial charge in [-0.1, -0.05) is 6.92 Å². The minimum Gasteiger partial charge on any atom is -0.329 e. The van der Waals surface area contributed by atoms with Gasteiger partial charge in [-0.25, -0.2) is 0 Å². The molecule has 0 bridgehead atoms. The molecule has 1 aliphatic heterocycles. The van der Waals surface area contributed by atoms with Crippen LogP contribution in [-0.4, -0.2) is 43.7 Å². The molecule has 3 nitrogen and oxygen atoms in total. The van der Waals surface area contributed by atoms with Crippen LogP contribution in [0.2, 0.25) is 0 Å². The fourth-order valence-corrected chi connectivity index (χ4v) is 1.96. The molecule has 0 aromatic rings. The Labute approximate surface area is 81.7 Å². The van der Waals surface area contributed by atoms with Crippen LogP contribution in [0.25, 0.3) is 0 Å². The number of nitrogens with two attached hydrogens (primary N) is 1. The van der Waals surface area contributed by atoms with Crippen molar-refractivity contribution in [3.05, 3.63) is 0 Å². The maximum absolute atomic E-state index is 5.54. The first-order chi connectivity index (χ1) is 6.36. The lowest BCUT2D eigenvalue weighted by Gasteiger charge is -2.32. The molecule has 78 valence electrons. The molecule has 1 rings (SSSR count). The first-order valence-corrected chi connectivity index (χ1v) is 5.52. The second-order valence-corrected chi connectivity index (χ2v) is 3.88. The summed E-state index contributed by atoms with van der Waals surface area (Å²) in [5.74, 6) is 0. The Kier molecular flexibility index (Phi) is 5.35. The third-order valence-electron chi connectivity index (χ3n) is 2.63. The quantitative estimate of drug-likeness (QED) is 0.652. The van der Waals surface area contributed by atoms with Crippen LogP contribution in [0, 0.1) is 0 Å². The predicted octanol–water partition coefficient (Wildman–Crippen LogP) is 0.409.